The third-order valence-corrected chi connectivity index (χ3v) is 6.29. The van der Waals surface area contributed by atoms with Crippen LogP contribution in [0.15, 0.2) is 48.9 Å². The molecule has 1 aliphatic heterocycles. The van der Waals surface area contributed by atoms with E-state index in [9.17, 15) is 0 Å². The van der Waals surface area contributed by atoms with Crippen molar-refractivity contribution in [3.05, 3.63) is 48.9 Å². The van der Waals surface area contributed by atoms with E-state index in [1.54, 1.807) is 13.4 Å². The van der Waals surface area contributed by atoms with Gasteiger partial charge in [0.1, 0.15) is 6.33 Å². The monoisotopic (exact) mass is 446 g/mol. The van der Waals surface area contributed by atoms with E-state index in [-0.39, 0.29) is 0 Å². The highest BCUT2D eigenvalue weighted by Crippen LogP contribution is 2.38. The molecule has 0 spiro atoms. The third-order valence-electron chi connectivity index (χ3n) is 6.29. The van der Waals surface area contributed by atoms with Crippen LogP contribution in [0.3, 0.4) is 0 Å². The van der Waals surface area contributed by atoms with Gasteiger partial charge >= 0.3 is 0 Å². The standard InChI is InChI=1S/C26H30N4O3/c1-3-30-17-21(19-7-4-5-8-23(19)30)26-20-15-25(24(31-2)16-22(20)27-18-28-26)33-12-6-9-29-10-13-32-14-11-29/h4-5,7-8,15-18H,3,6,9-14H2,1-2H3. The smallest absolute Gasteiger partial charge is 0.162 e. The minimum Gasteiger partial charge on any atom is -0.493 e. The lowest BCUT2D eigenvalue weighted by atomic mass is 10.1. The van der Waals surface area contributed by atoms with Crippen LogP contribution in [0.1, 0.15) is 13.3 Å². The Hall–Kier alpha value is -3.16. The molecule has 0 bridgehead atoms. The first kappa shape index (κ1) is 21.7. The molecule has 0 amide bonds. The van der Waals surface area contributed by atoms with Gasteiger partial charge in [0.05, 0.1) is 38.1 Å². The number of fused-ring (bicyclic) bond motifs is 2. The fourth-order valence-corrected chi connectivity index (χ4v) is 4.54. The minimum atomic E-state index is 0.622. The van der Waals surface area contributed by atoms with Crippen LogP contribution in [0, 0.1) is 0 Å². The van der Waals surface area contributed by atoms with E-state index in [0.29, 0.717) is 12.4 Å². The first-order chi connectivity index (χ1) is 16.3. The van der Waals surface area contributed by atoms with Gasteiger partial charge in [-0.1, -0.05) is 18.2 Å². The van der Waals surface area contributed by atoms with Gasteiger partial charge in [0.15, 0.2) is 11.5 Å². The summed E-state index contributed by atoms with van der Waals surface area (Å²) in [7, 11) is 1.67. The number of hydrogen-bond acceptors (Lipinski definition) is 6. The van der Waals surface area contributed by atoms with E-state index in [1.165, 1.54) is 10.9 Å². The molecule has 1 aliphatic rings. The highest BCUT2D eigenvalue weighted by atomic mass is 16.5. The lowest BCUT2D eigenvalue weighted by Crippen LogP contribution is -2.37. The summed E-state index contributed by atoms with van der Waals surface area (Å²) in [5.41, 5.74) is 4.05. The summed E-state index contributed by atoms with van der Waals surface area (Å²) in [6.07, 6.45) is 4.75. The van der Waals surface area contributed by atoms with E-state index in [4.69, 9.17) is 14.2 Å². The second-order valence-corrected chi connectivity index (χ2v) is 8.24. The fourth-order valence-electron chi connectivity index (χ4n) is 4.54. The average molecular weight is 447 g/mol. The lowest BCUT2D eigenvalue weighted by Gasteiger charge is -2.26. The molecule has 7 nitrogen and oxygen atoms in total. The predicted octanol–water partition coefficient (Wildman–Crippen LogP) is 4.38. The molecule has 4 aromatic rings. The van der Waals surface area contributed by atoms with Crippen LogP contribution in [0.4, 0.5) is 0 Å². The van der Waals surface area contributed by atoms with Crippen LogP contribution in [0.25, 0.3) is 33.1 Å². The van der Waals surface area contributed by atoms with Gasteiger partial charge < -0.3 is 18.8 Å². The summed E-state index contributed by atoms with van der Waals surface area (Å²) < 4.78 is 19.5. The molecule has 0 N–H and O–H groups in total. The molecule has 7 heteroatoms. The second kappa shape index (κ2) is 9.77. The molecular weight excluding hydrogens is 416 g/mol. The SMILES string of the molecule is CCn1cc(-c2ncnc3cc(OC)c(OCCCN4CCOCC4)cc23)c2ccccc21. The molecule has 1 fully saturated rings. The van der Waals surface area contributed by atoms with E-state index in [1.807, 2.05) is 12.1 Å². The summed E-state index contributed by atoms with van der Waals surface area (Å²) in [5, 5.41) is 2.14. The van der Waals surface area contributed by atoms with Crippen LogP contribution in [-0.2, 0) is 11.3 Å². The Bertz CT molecular complexity index is 1250. The van der Waals surface area contributed by atoms with Crippen molar-refractivity contribution in [2.24, 2.45) is 0 Å². The molecule has 172 valence electrons. The number of hydrogen-bond donors (Lipinski definition) is 0. The topological polar surface area (TPSA) is 61.6 Å². The predicted molar refractivity (Wildman–Crippen MR) is 130 cm³/mol. The van der Waals surface area contributed by atoms with Crippen molar-refractivity contribution in [2.45, 2.75) is 19.9 Å². The van der Waals surface area contributed by atoms with Gasteiger partial charge in [-0.2, -0.15) is 0 Å². The number of benzene rings is 2. The van der Waals surface area contributed by atoms with Crippen molar-refractivity contribution in [2.75, 3.05) is 46.6 Å². The van der Waals surface area contributed by atoms with Crippen LogP contribution < -0.4 is 9.47 Å². The third kappa shape index (κ3) is 4.38. The maximum Gasteiger partial charge on any atom is 0.162 e. The second-order valence-electron chi connectivity index (χ2n) is 8.24. The van der Waals surface area contributed by atoms with E-state index in [0.717, 1.165) is 73.7 Å². The molecule has 0 radical (unpaired) electrons. The van der Waals surface area contributed by atoms with E-state index < -0.39 is 0 Å². The van der Waals surface area contributed by atoms with Crippen LogP contribution >= 0.6 is 0 Å². The van der Waals surface area contributed by atoms with Gasteiger partial charge in [-0.25, -0.2) is 9.97 Å². The van der Waals surface area contributed by atoms with Gasteiger partial charge in [-0.3, -0.25) is 4.90 Å². The molecule has 0 unspecified atom stereocenters. The molecule has 1 saturated heterocycles. The first-order valence-corrected chi connectivity index (χ1v) is 11.6. The number of aromatic nitrogens is 3. The van der Waals surface area contributed by atoms with Crippen molar-refractivity contribution in [3.63, 3.8) is 0 Å². The number of nitrogens with zero attached hydrogens (tertiary/aromatic N) is 4. The first-order valence-electron chi connectivity index (χ1n) is 11.6. The van der Waals surface area contributed by atoms with Gasteiger partial charge in [-0.15, -0.1) is 0 Å². The van der Waals surface area contributed by atoms with Crippen molar-refractivity contribution in [3.8, 4) is 22.8 Å². The maximum absolute atomic E-state index is 6.19. The molecule has 2 aromatic carbocycles. The molecule has 2 aromatic heterocycles. The molecule has 0 saturated carbocycles. The molecule has 0 aliphatic carbocycles. The number of para-hydroxylation sites is 1. The number of ether oxygens (including phenoxy) is 3. The van der Waals surface area contributed by atoms with Crippen LogP contribution in [0.5, 0.6) is 11.5 Å². The Morgan fingerprint density at radius 1 is 1.03 bits per heavy atom. The van der Waals surface area contributed by atoms with Crippen molar-refractivity contribution in [1.82, 2.24) is 19.4 Å². The number of rotatable bonds is 8. The summed E-state index contributed by atoms with van der Waals surface area (Å²) in [4.78, 5) is 11.6. The van der Waals surface area contributed by atoms with Gasteiger partial charge in [-0.05, 0) is 25.5 Å². The highest BCUT2D eigenvalue weighted by Gasteiger charge is 2.17. The zero-order valence-corrected chi connectivity index (χ0v) is 19.3. The molecule has 3 heterocycles. The van der Waals surface area contributed by atoms with Crippen molar-refractivity contribution < 1.29 is 14.2 Å². The van der Waals surface area contributed by atoms with Gasteiger partial charge in [0.25, 0.3) is 0 Å². The zero-order valence-electron chi connectivity index (χ0n) is 19.3. The van der Waals surface area contributed by atoms with Crippen LogP contribution in [-0.4, -0.2) is 66.0 Å². The van der Waals surface area contributed by atoms with Crippen molar-refractivity contribution >= 4 is 21.8 Å². The van der Waals surface area contributed by atoms with Crippen LogP contribution in [0.2, 0.25) is 0 Å². The largest absolute Gasteiger partial charge is 0.493 e. The number of morpholine rings is 1. The van der Waals surface area contributed by atoms with Gasteiger partial charge in [0.2, 0.25) is 0 Å². The zero-order chi connectivity index (χ0) is 22.6. The molecule has 0 atom stereocenters. The number of methoxy groups -OCH3 is 1. The Morgan fingerprint density at radius 3 is 2.70 bits per heavy atom. The Labute approximate surface area is 193 Å². The fraction of sp³-hybridized carbons (Fsp3) is 0.385. The molecular formula is C26H30N4O3. The van der Waals surface area contributed by atoms with E-state index >= 15 is 0 Å². The summed E-state index contributed by atoms with van der Waals surface area (Å²) in [6, 6.07) is 12.4. The Kier molecular flexibility index (Phi) is 6.41. The summed E-state index contributed by atoms with van der Waals surface area (Å²) >= 11 is 0. The highest BCUT2D eigenvalue weighted by molar-refractivity contribution is 6.03. The normalized spacial score (nSPS) is 14.7. The Morgan fingerprint density at radius 2 is 1.88 bits per heavy atom. The van der Waals surface area contributed by atoms with E-state index in [2.05, 4.69) is 56.8 Å². The minimum absolute atomic E-state index is 0.622. The maximum atomic E-state index is 6.19. The average Bonchev–Trinajstić information content (AvgIpc) is 3.25. The number of aryl methyl sites for hydroxylation is 1. The summed E-state index contributed by atoms with van der Waals surface area (Å²) in [5.74, 6) is 1.41. The Balaban J connectivity index is 1.46. The van der Waals surface area contributed by atoms with Gasteiger partial charge in [0, 0.05) is 60.3 Å². The van der Waals surface area contributed by atoms with Crippen molar-refractivity contribution in [1.29, 1.82) is 0 Å². The lowest BCUT2D eigenvalue weighted by molar-refractivity contribution is 0.0357. The molecule has 5 rings (SSSR count). The quantitative estimate of drug-likeness (QED) is 0.374. The molecule has 33 heavy (non-hydrogen) atoms. The summed E-state index contributed by atoms with van der Waals surface area (Å²) in [6.45, 7) is 8.29.